The van der Waals surface area contributed by atoms with Crippen LogP contribution in [0.5, 0.6) is 5.75 Å². The van der Waals surface area contributed by atoms with E-state index in [9.17, 15) is 19.2 Å². The maximum atomic E-state index is 14.3. The van der Waals surface area contributed by atoms with Crippen LogP contribution < -0.4 is 26.0 Å². The van der Waals surface area contributed by atoms with Crippen LogP contribution in [0.25, 0.3) is 0 Å². The molecule has 0 spiro atoms. The number of carbonyl (C=O) groups is 4. The molecule has 53 heavy (non-hydrogen) atoms. The third kappa shape index (κ3) is 10.9. The Morgan fingerprint density at radius 3 is 2.32 bits per heavy atom. The zero-order chi connectivity index (χ0) is 38.1. The van der Waals surface area contributed by atoms with E-state index in [0.717, 1.165) is 11.1 Å². The van der Waals surface area contributed by atoms with E-state index in [0.29, 0.717) is 29.5 Å². The van der Waals surface area contributed by atoms with E-state index in [2.05, 4.69) is 55.2 Å². The predicted octanol–water partition coefficient (Wildman–Crippen LogP) is 3.19. The van der Waals surface area contributed by atoms with Gasteiger partial charge in [0.05, 0.1) is 24.0 Å². The molecule has 0 aliphatic carbocycles. The molecule has 0 saturated heterocycles. The van der Waals surface area contributed by atoms with E-state index >= 15 is 0 Å². The van der Waals surface area contributed by atoms with Gasteiger partial charge in [-0.05, 0) is 55.4 Å². The largest absolute Gasteiger partial charge is 0.491 e. The van der Waals surface area contributed by atoms with Crippen molar-refractivity contribution in [1.29, 1.82) is 0 Å². The van der Waals surface area contributed by atoms with Gasteiger partial charge in [0.25, 0.3) is 5.91 Å². The molecule has 0 unspecified atom stereocenters. The van der Waals surface area contributed by atoms with E-state index in [1.807, 2.05) is 56.3 Å². The molecule has 2 aromatic heterocycles. The molecule has 4 aromatic rings. The zero-order valence-electron chi connectivity index (χ0n) is 31.1. The number of benzene rings is 2. The number of hydrogen-bond donors (Lipinski definition) is 4. The Labute approximate surface area is 309 Å². The normalized spacial score (nSPS) is 20.2. The standard InChI is InChI=1S/C39H49N9O5/c1-23(2)16-29-22-53-30-14-12-28(13-15-30)18-31(45-39(52)33-20-40-25(5)19-41-33)37(50)44-32(17-27-10-8-7-9-11-27)38(51)46-35(24(3)4)36-42-26(6)47-48(36)21-34(49)43-29/h7-15,19-20,23-24,29,31-32,35H,16-18,21-22H2,1-6H3,(H,43,49)(H,44,50)(H,45,52)(H,46,51)/t29-,31+,32-,35-/m0/s1. The van der Waals surface area contributed by atoms with Gasteiger partial charge in [0, 0.05) is 19.0 Å². The number of rotatable bonds is 7. The van der Waals surface area contributed by atoms with Gasteiger partial charge in [0.2, 0.25) is 17.7 Å². The third-order valence-corrected chi connectivity index (χ3v) is 8.83. The molecule has 4 heterocycles. The van der Waals surface area contributed by atoms with Crippen molar-refractivity contribution in [2.75, 3.05) is 6.61 Å². The van der Waals surface area contributed by atoms with Crippen molar-refractivity contribution in [3.63, 3.8) is 0 Å². The van der Waals surface area contributed by atoms with Crippen molar-refractivity contribution in [3.05, 3.63) is 101 Å². The molecular weight excluding hydrogens is 674 g/mol. The van der Waals surface area contributed by atoms with Crippen LogP contribution in [0.15, 0.2) is 67.0 Å². The molecule has 0 fully saturated rings. The van der Waals surface area contributed by atoms with Gasteiger partial charge in [-0.15, -0.1) is 0 Å². The first-order chi connectivity index (χ1) is 25.3. The SMILES string of the molecule is Cc1cnc(C(=O)N[C@@H]2Cc3ccc(cc3)OC[C@H](CC(C)C)NC(=O)Cn3nc(C)nc3[C@H](C(C)C)NC(=O)[C@H](Cc3ccccc3)NC2=O)cn1. The minimum Gasteiger partial charge on any atom is -0.491 e. The molecule has 2 aliphatic heterocycles. The number of nitrogens with one attached hydrogen (secondary N) is 4. The number of hydrogen-bond acceptors (Lipinski definition) is 9. The lowest BCUT2D eigenvalue weighted by Gasteiger charge is -2.27. The minimum absolute atomic E-state index is 0.0550. The second kappa shape index (κ2) is 17.7. The van der Waals surface area contributed by atoms with E-state index in [-0.39, 0.29) is 55.5 Å². The third-order valence-electron chi connectivity index (χ3n) is 8.83. The van der Waals surface area contributed by atoms with Gasteiger partial charge in [-0.3, -0.25) is 24.2 Å². The number of amides is 4. The zero-order valence-corrected chi connectivity index (χ0v) is 31.1. The Balaban J connectivity index is 1.53. The van der Waals surface area contributed by atoms with Crippen LogP contribution in [0, 0.1) is 25.7 Å². The van der Waals surface area contributed by atoms with Crippen molar-refractivity contribution < 1.29 is 23.9 Å². The van der Waals surface area contributed by atoms with Crippen LogP contribution in [0.2, 0.25) is 0 Å². The van der Waals surface area contributed by atoms with Crippen molar-refractivity contribution in [3.8, 4) is 5.75 Å². The highest BCUT2D eigenvalue weighted by Gasteiger charge is 2.32. The summed E-state index contributed by atoms with van der Waals surface area (Å²) >= 11 is 0. The lowest BCUT2D eigenvalue weighted by atomic mass is 10.00. The summed E-state index contributed by atoms with van der Waals surface area (Å²) in [4.78, 5) is 68.3. The van der Waals surface area contributed by atoms with Gasteiger partial charge in [-0.1, -0.05) is 70.2 Å². The fourth-order valence-corrected chi connectivity index (χ4v) is 6.19. The average Bonchev–Trinajstić information content (AvgIpc) is 3.47. The van der Waals surface area contributed by atoms with Gasteiger partial charge in [0.15, 0.2) is 5.82 Å². The fourth-order valence-electron chi connectivity index (χ4n) is 6.19. The van der Waals surface area contributed by atoms with Crippen LogP contribution in [-0.2, 0) is 33.8 Å². The van der Waals surface area contributed by atoms with E-state index in [4.69, 9.17) is 4.74 Å². The lowest BCUT2D eigenvalue weighted by molar-refractivity contribution is -0.130. The molecule has 2 aromatic carbocycles. The van der Waals surface area contributed by atoms with Gasteiger partial charge >= 0.3 is 0 Å². The molecule has 14 heteroatoms. The first kappa shape index (κ1) is 38.6. The second-order valence-corrected chi connectivity index (χ2v) is 14.3. The number of aromatic nitrogens is 5. The maximum absolute atomic E-state index is 14.3. The smallest absolute Gasteiger partial charge is 0.272 e. The molecule has 0 radical (unpaired) electrons. The first-order valence-corrected chi connectivity index (χ1v) is 18.0. The van der Waals surface area contributed by atoms with Crippen LogP contribution in [0.1, 0.15) is 79.1 Å². The van der Waals surface area contributed by atoms with Crippen molar-refractivity contribution in [2.24, 2.45) is 11.8 Å². The molecule has 4 amide bonds. The summed E-state index contributed by atoms with van der Waals surface area (Å²) in [5.41, 5.74) is 2.26. The molecule has 4 N–H and O–H groups in total. The van der Waals surface area contributed by atoms with Crippen LogP contribution >= 0.6 is 0 Å². The van der Waals surface area contributed by atoms with Crippen LogP contribution in [0.4, 0.5) is 0 Å². The van der Waals surface area contributed by atoms with Gasteiger partial charge in [-0.2, -0.15) is 5.10 Å². The minimum atomic E-state index is -1.08. The molecule has 14 nitrogen and oxygen atoms in total. The Morgan fingerprint density at radius 1 is 0.925 bits per heavy atom. The number of carbonyl (C=O) groups excluding carboxylic acids is 4. The Kier molecular flexibility index (Phi) is 12.9. The molecule has 280 valence electrons. The second-order valence-electron chi connectivity index (χ2n) is 14.3. The average molecular weight is 724 g/mol. The molecular formula is C39H49N9O5. The summed E-state index contributed by atoms with van der Waals surface area (Å²) in [7, 11) is 0. The topological polar surface area (TPSA) is 182 Å². The number of fused-ring (bicyclic) bond motifs is 14. The molecule has 0 saturated carbocycles. The van der Waals surface area contributed by atoms with Gasteiger partial charge < -0.3 is 26.0 Å². The van der Waals surface area contributed by atoms with Crippen molar-refractivity contribution in [2.45, 2.75) is 91.5 Å². The number of ether oxygens (including phenoxy) is 1. The molecule has 2 aliphatic rings. The molecule has 6 rings (SSSR count). The fraction of sp³-hybridized carbons (Fsp3) is 0.436. The Morgan fingerprint density at radius 2 is 1.66 bits per heavy atom. The van der Waals surface area contributed by atoms with Crippen LogP contribution in [-0.4, -0.2) is 73.1 Å². The van der Waals surface area contributed by atoms with Gasteiger partial charge in [0.1, 0.15) is 42.5 Å². The van der Waals surface area contributed by atoms with E-state index in [1.165, 1.54) is 17.1 Å². The van der Waals surface area contributed by atoms with Crippen LogP contribution in [0.3, 0.4) is 0 Å². The highest BCUT2D eigenvalue weighted by Crippen LogP contribution is 2.22. The monoisotopic (exact) mass is 723 g/mol. The quantitative estimate of drug-likeness (QED) is 0.223. The Bertz CT molecular complexity index is 1860. The summed E-state index contributed by atoms with van der Waals surface area (Å²) in [5.74, 6) is -0.288. The maximum Gasteiger partial charge on any atom is 0.272 e. The summed E-state index contributed by atoms with van der Waals surface area (Å²) < 4.78 is 7.64. The lowest BCUT2D eigenvalue weighted by Crippen LogP contribution is -2.55. The molecule has 2 bridgehead atoms. The van der Waals surface area contributed by atoms with E-state index < -0.39 is 35.8 Å². The first-order valence-electron chi connectivity index (χ1n) is 18.0. The summed E-state index contributed by atoms with van der Waals surface area (Å²) in [6.45, 7) is 11.6. The summed E-state index contributed by atoms with van der Waals surface area (Å²) in [6, 6.07) is 13.5. The summed E-state index contributed by atoms with van der Waals surface area (Å²) in [5, 5.41) is 16.5. The van der Waals surface area contributed by atoms with E-state index in [1.54, 1.807) is 26.0 Å². The van der Waals surface area contributed by atoms with Crippen molar-refractivity contribution >= 4 is 23.6 Å². The Hall–Kier alpha value is -5.66. The predicted molar refractivity (Wildman–Crippen MR) is 198 cm³/mol. The summed E-state index contributed by atoms with van der Waals surface area (Å²) in [6.07, 6.45) is 3.80. The number of aryl methyl sites for hydroxylation is 2. The number of nitrogens with zero attached hydrogens (tertiary/aromatic N) is 5. The highest BCUT2D eigenvalue weighted by atomic mass is 16.5. The highest BCUT2D eigenvalue weighted by molar-refractivity contribution is 5.97. The van der Waals surface area contributed by atoms with Gasteiger partial charge in [-0.25, -0.2) is 14.6 Å². The van der Waals surface area contributed by atoms with Crippen molar-refractivity contribution in [1.82, 2.24) is 46.0 Å². The molecule has 4 atom stereocenters.